The summed E-state index contributed by atoms with van der Waals surface area (Å²) in [6, 6.07) is 44.2. The molecule has 11 aromatic rings. The summed E-state index contributed by atoms with van der Waals surface area (Å²) in [5.74, 6) is 0. The van der Waals surface area contributed by atoms with E-state index in [-0.39, 0.29) is 0 Å². The zero-order valence-electron chi connectivity index (χ0n) is 27.2. The van der Waals surface area contributed by atoms with Gasteiger partial charge in [-0.3, -0.25) is 0 Å². The average molecular weight is 696 g/mol. The molecule has 0 radical (unpaired) electrons. The number of rotatable bonds is 2. The smallest absolute Gasteiger partial charge is 0.206 e. The lowest BCUT2D eigenvalue weighted by atomic mass is 10.0. The van der Waals surface area contributed by atoms with Gasteiger partial charge in [-0.1, -0.05) is 60.7 Å². The third-order valence-electron chi connectivity index (χ3n) is 10.3. The summed E-state index contributed by atoms with van der Waals surface area (Å²) in [6.45, 7) is 23.6. The summed E-state index contributed by atoms with van der Waals surface area (Å²) in [7, 11) is 0. The van der Waals surface area contributed by atoms with Crippen molar-refractivity contribution in [1.29, 1.82) is 0 Å². The van der Waals surface area contributed by atoms with E-state index in [2.05, 4.69) is 121 Å². The van der Waals surface area contributed by atoms with Crippen molar-refractivity contribution in [2.75, 3.05) is 0 Å². The van der Waals surface area contributed by atoms with E-state index in [1.54, 1.807) is 22.7 Å². The standard InChI is InChI=1S/C45H21N5S2/c1-46-25-15-18-38-31(21-25)28-9-4-6-13-36(28)49(38)26-16-19-40-32(22-26)33-23-27(17-20-41(33)51-40)50-37-14-7-5-10-29(37)42-39(50)24-35(48-3)45-43(42)30-11-8-12-34(47-2)44(30)52-45/h4-24H. The van der Waals surface area contributed by atoms with E-state index in [0.29, 0.717) is 17.1 Å². The molecule has 0 aliphatic heterocycles. The number of benzene rings is 7. The highest BCUT2D eigenvalue weighted by molar-refractivity contribution is 7.27. The number of thiophene rings is 2. The molecule has 7 aromatic carbocycles. The number of fused-ring (bicyclic) bond motifs is 13. The third-order valence-corrected chi connectivity index (χ3v) is 12.7. The van der Waals surface area contributed by atoms with Gasteiger partial charge in [-0.05, 0) is 82.9 Å². The molecule has 0 saturated heterocycles. The molecule has 4 aromatic heterocycles. The molecule has 0 aliphatic rings. The summed E-state index contributed by atoms with van der Waals surface area (Å²) in [4.78, 5) is 11.5. The minimum atomic E-state index is 0.602. The van der Waals surface area contributed by atoms with Crippen molar-refractivity contribution in [3.8, 4) is 11.4 Å². The molecule has 0 aliphatic carbocycles. The Kier molecular flexibility index (Phi) is 5.84. The van der Waals surface area contributed by atoms with Gasteiger partial charge >= 0.3 is 0 Å². The summed E-state index contributed by atoms with van der Waals surface area (Å²) >= 11 is 3.34. The first-order valence-corrected chi connectivity index (χ1v) is 18.3. The summed E-state index contributed by atoms with van der Waals surface area (Å²) in [5.41, 5.74) is 8.20. The predicted molar refractivity (Wildman–Crippen MR) is 220 cm³/mol. The molecule has 7 heteroatoms. The van der Waals surface area contributed by atoms with Crippen molar-refractivity contribution >= 4 is 124 Å². The Morgan fingerprint density at radius 3 is 1.75 bits per heavy atom. The van der Waals surface area contributed by atoms with E-state index in [1.165, 1.54) is 20.2 Å². The normalized spacial score (nSPS) is 11.8. The van der Waals surface area contributed by atoms with Crippen LogP contribution >= 0.6 is 22.7 Å². The Balaban J connectivity index is 1.19. The average Bonchev–Trinajstić information content (AvgIpc) is 3.94. The fraction of sp³-hybridized carbons (Fsp3) is 0. The minimum absolute atomic E-state index is 0.602. The van der Waals surface area contributed by atoms with Crippen LogP contribution in [-0.4, -0.2) is 9.13 Å². The zero-order valence-corrected chi connectivity index (χ0v) is 28.8. The topological polar surface area (TPSA) is 22.9 Å². The molecule has 0 spiro atoms. The van der Waals surface area contributed by atoms with Gasteiger partial charge in [0.2, 0.25) is 11.4 Å². The van der Waals surface area contributed by atoms with Crippen LogP contribution < -0.4 is 0 Å². The van der Waals surface area contributed by atoms with E-state index in [4.69, 9.17) is 19.7 Å². The van der Waals surface area contributed by atoms with Crippen LogP contribution in [0.5, 0.6) is 0 Å². The molecule has 0 atom stereocenters. The van der Waals surface area contributed by atoms with Crippen LogP contribution in [0.3, 0.4) is 0 Å². The van der Waals surface area contributed by atoms with E-state index < -0.39 is 0 Å². The van der Waals surface area contributed by atoms with Crippen LogP contribution in [-0.2, 0) is 0 Å². The highest BCUT2D eigenvalue weighted by Crippen LogP contribution is 2.50. The van der Waals surface area contributed by atoms with Gasteiger partial charge in [0.25, 0.3) is 0 Å². The summed E-state index contributed by atoms with van der Waals surface area (Å²) in [5, 5.41) is 8.86. The Morgan fingerprint density at radius 2 is 1.04 bits per heavy atom. The second-order valence-corrected chi connectivity index (χ2v) is 15.1. The van der Waals surface area contributed by atoms with Gasteiger partial charge in [0, 0.05) is 62.6 Å². The largest absolute Gasteiger partial charge is 0.310 e. The van der Waals surface area contributed by atoms with E-state index in [9.17, 15) is 0 Å². The van der Waals surface area contributed by atoms with E-state index in [0.717, 1.165) is 75.2 Å². The maximum absolute atomic E-state index is 8.21. The van der Waals surface area contributed by atoms with Crippen molar-refractivity contribution in [1.82, 2.24) is 9.13 Å². The number of para-hydroxylation sites is 2. The Bertz CT molecular complexity index is 3520. The van der Waals surface area contributed by atoms with Crippen LogP contribution in [0.1, 0.15) is 0 Å². The molecule has 0 saturated carbocycles. The highest BCUT2D eigenvalue weighted by atomic mass is 32.1. The fourth-order valence-corrected chi connectivity index (χ4v) is 10.5. The Labute approximate surface area is 304 Å². The van der Waals surface area contributed by atoms with Crippen LogP contribution in [0.2, 0.25) is 0 Å². The third kappa shape index (κ3) is 3.77. The first-order valence-electron chi connectivity index (χ1n) is 16.7. The summed E-state index contributed by atoms with van der Waals surface area (Å²) in [6.07, 6.45) is 0. The maximum Gasteiger partial charge on any atom is 0.206 e. The molecule has 5 nitrogen and oxygen atoms in total. The molecule has 0 unspecified atom stereocenters. The quantitative estimate of drug-likeness (QED) is 0.161. The van der Waals surface area contributed by atoms with Crippen molar-refractivity contribution in [2.45, 2.75) is 0 Å². The molecule has 11 rings (SSSR count). The lowest BCUT2D eigenvalue weighted by Gasteiger charge is -2.10. The van der Waals surface area contributed by atoms with Crippen LogP contribution in [0, 0.1) is 19.7 Å². The first-order chi connectivity index (χ1) is 25.6. The number of hydrogen-bond acceptors (Lipinski definition) is 2. The molecule has 0 fully saturated rings. The minimum Gasteiger partial charge on any atom is -0.310 e. The van der Waals surface area contributed by atoms with Crippen LogP contribution in [0.4, 0.5) is 17.1 Å². The van der Waals surface area contributed by atoms with Crippen LogP contribution in [0.25, 0.3) is 110 Å². The molecule has 4 heterocycles. The maximum atomic E-state index is 8.21. The lowest BCUT2D eigenvalue weighted by Crippen LogP contribution is -1.94. The van der Waals surface area contributed by atoms with Crippen molar-refractivity contribution < 1.29 is 0 Å². The summed E-state index contributed by atoms with van der Waals surface area (Å²) < 4.78 is 8.89. The molecule has 0 amide bonds. The van der Waals surface area contributed by atoms with Crippen molar-refractivity contribution in [2.24, 2.45) is 0 Å². The second kappa shape index (κ2) is 10.5. The predicted octanol–water partition coefficient (Wildman–Crippen LogP) is 14.3. The molecule has 0 N–H and O–H groups in total. The number of aromatic nitrogens is 2. The lowest BCUT2D eigenvalue weighted by molar-refractivity contribution is 1.18. The Morgan fingerprint density at radius 1 is 0.404 bits per heavy atom. The Hall–Kier alpha value is -6.95. The second-order valence-electron chi connectivity index (χ2n) is 13.0. The fourth-order valence-electron chi connectivity index (χ4n) is 8.18. The van der Waals surface area contributed by atoms with Gasteiger partial charge in [-0.25, -0.2) is 14.5 Å². The SMILES string of the molecule is [C-]#[N+]c1ccc2c(c1)c1ccccc1n2-c1ccc2sc3ccc(-n4c5ccccc5c5c6c(sc7c([N+]#[C-])cccc76)c([N+]#[C-])cc54)cc3c2c1. The van der Waals surface area contributed by atoms with E-state index >= 15 is 0 Å². The molecular weight excluding hydrogens is 675 g/mol. The van der Waals surface area contributed by atoms with Gasteiger partial charge in [-0.2, -0.15) is 11.3 Å². The van der Waals surface area contributed by atoms with Gasteiger partial charge in [0.1, 0.15) is 0 Å². The highest BCUT2D eigenvalue weighted by Gasteiger charge is 2.22. The van der Waals surface area contributed by atoms with Crippen LogP contribution in [0.15, 0.2) is 127 Å². The zero-order chi connectivity index (χ0) is 34.7. The first kappa shape index (κ1) is 28.8. The number of hydrogen-bond donors (Lipinski definition) is 0. The van der Waals surface area contributed by atoms with Gasteiger partial charge < -0.3 is 9.13 Å². The monoisotopic (exact) mass is 695 g/mol. The van der Waals surface area contributed by atoms with Crippen molar-refractivity contribution in [3.63, 3.8) is 0 Å². The van der Waals surface area contributed by atoms with Gasteiger partial charge in [0.15, 0.2) is 5.69 Å². The molecular formula is C45H21N5S2. The van der Waals surface area contributed by atoms with Gasteiger partial charge in [-0.15, -0.1) is 11.3 Å². The molecule has 0 bridgehead atoms. The molecule has 52 heavy (non-hydrogen) atoms. The van der Waals surface area contributed by atoms with Crippen molar-refractivity contribution in [3.05, 3.63) is 162 Å². The molecule has 238 valence electrons. The van der Waals surface area contributed by atoms with E-state index in [1.807, 2.05) is 30.3 Å². The number of nitrogens with zero attached hydrogens (tertiary/aromatic N) is 5. The van der Waals surface area contributed by atoms with Gasteiger partial charge in [0.05, 0.1) is 36.3 Å².